The molecule has 0 saturated carbocycles. The first-order chi connectivity index (χ1) is 10.7. The predicted molar refractivity (Wildman–Crippen MR) is 96.1 cm³/mol. The first kappa shape index (κ1) is 44.8. The van der Waals surface area contributed by atoms with E-state index in [1.54, 1.807) is 0 Å². The number of hydrogen-bond acceptors (Lipinski definition) is 5. The minimum absolute atomic E-state index is 0. The minimum atomic E-state index is 0. The van der Waals surface area contributed by atoms with Gasteiger partial charge in [0.2, 0.25) is 0 Å². The van der Waals surface area contributed by atoms with Crippen LogP contribution >= 0.6 is 0 Å². The second-order valence-electron chi connectivity index (χ2n) is 4.31. The van der Waals surface area contributed by atoms with Crippen LogP contribution < -0.4 is 0 Å². The summed E-state index contributed by atoms with van der Waals surface area (Å²) in [6.07, 6.45) is 8.15. The molecule has 0 unspecified atom stereocenters. The maximum atomic E-state index is 8.07. The molecule has 0 aliphatic rings. The van der Waals surface area contributed by atoms with Crippen LogP contribution in [0.5, 0.6) is 0 Å². The molecule has 0 fully saturated rings. The van der Waals surface area contributed by atoms with Crippen LogP contribution in [0, 0.1) is 0 Å². The number of aliphatic hydroxyl groups is 5. The first-order valence-corrected chi connectivity index (χ1v) is 8.54. The molecule has 5 nitrogen and oxygen atoms in total. The van der Waals surface area contributed by atoms with Crippen molar-refractivity contribution in [2.75, 3.05) is 33.5 Å². The van der Waals surface area contributed by atoms with Gasteiger partial charge < -0.3 is 25.5 Å². The number of unbranched alkanes of at least 4 members (excludes halogenated alkanes) is 4. The number of hydrogen-bond donors (Lipinski definition) is 5. The summed E-state index contributed by atoms with van der Waals surface area (Å²) in [6.45, 7) is 9.58. The van der Waals surface area contributed by atoms with Crippen molar-refractivity contribution in [3.05, 3.63) is 0 Å². The molecular formula is C17H44O5Zr2. The van der Waals surface area contributed by atoms with E-state index in [1.165, 1.54) is 0 Å². The van der Waals surface area contributed by atoms with Crippen molar-refractivity contribution >= 4 is 0 Å². The summed E-state index contributed by atoms with van der Waals surface area (Å²) in [4.78, 5) is 0. The van der Waals surface area contributed by atoms with Gasteiger partial charge in [-0.2, -0.15) is 0 Å². The SMILES string of the molecule is CCCCO.CCCCO.CCCCO.CCCCO.CO.[Zr].[Zr]. The Balaban J connectivity index is -0.0000000302. The standard InChI is InChI=1S/4C4H10O.CH4O.2Zr/c4*1-2-3-4-5;1-2;;/h4*5H,2-4H2,1H3;2H,1H3;;. The molecule has 0 rings (SSSR count). The molecule has 0 aliphatic carbocycles. The third kappa shape index (κ3) is 131. The van der Waals surface area contributed by atoms with Gasteiger partial charge in [-0.05, 0) is 25.7 Å². The smallest absolute Gasteiger partial charge is 0.0430 e. The van der Waals surface area contributed by atoms with Crippen LogP contribution in [-0.4, -0.2) is 59.1 Å². The monoisotopic (exact) mass is 508 g/mol. The fourth-order valence-electron chi connectivity index (χ4n) is 0.632. The maximum Gasteiger partial charge on any atom is 0.0430 e. The molecule has 0 saturated heterocycles. The van der Waals surface area contributed by atoms with Crippen LogP contribution in [0.2, 0.25) is 0 Å². The van der Waals surface area contributed by atoms with Gasteiger partial charge in [-0.1, -0.05) is 53.4 Å². The molecule has 0 aromatic heterocycles. The summed E-state index contributed by atoms with van der Waals surface area (Å²) in [6, 6.07) is 0. The number of rotatable bonds is 8. The van der Waals surface area contributed by atoms with Gasteiger partial charge in [0.15, 0.2) is 0 Å². The van der Waals surface area contributed by atoms with Gasteiger partial charge >= 0.3 is 0 Å². The molecule has 0 radical (unpaired) electrons. The van der Waals surface area contributed by atoms with E-state index in [4.69, 9.17) is 25.5 Å². The molecule has 5 N–H and O–H groups in total. The maximum absolute atomic E-state index is 8.07. The summed E-state index contributed by atoms with van der Waals surface area (Å²) in [5.41, 5.74) is 0. The molecule has 7 heteroatoms. The Labute approximate surface area is 189 Å². The molecule has 0 heterocycles. The average Bonchev–Trinajstić information content (AvgIpc) is 2.54. The Morgan fingerprint density at radius 1 is 0.417 bits per heavy atom. The van der Waals surface area contributed by atoms with Crippen molar-refractivity contribution in [1.82, 2.24) is 0 Å². The van der Waals surface area contributed by atoms with Crippen molar-refractivity contribution in [3.8, 4) is 0 Å². The van der Waals surface area contributed by atoms with E-state index in [0.717, 1.165) is 58.5 Å². The largest absolute Gasteiger partial charge is 0.400 e. The van der Waals surface area contributed by atoms with Gasteiger partial charge in [0.1, 0.15) is 0 Å². The van der Waals surface area contributed by atoms with Gasteiger partial charge in [0.25, 0.3) is 0 Å². The Morgan fingerprint density at radius 2 is 0.542 bits per heavy atom. The predicted octanol–water partition coefficient (Wildman–Crippen LogP) is 2.72. The van der Waals surface area contributed by atoms with Crippen LogP contribution in [0.15, 0.2) is 0 Å². The van der Waals surface area contributed by atoms with Crippen molar-refractivity contribution in [3.63, 3.8) is 0 Å². The average molecular weight is 511 g/mol. The molecular weight excluding hydrogens is 467 g/mol. The zero-order chi connectivity index (χ0) is 18.5. The van der Waals surface area contributed by atoms with E-state index in [-0.39, 0.29) is 52.4 Å². The zero-order valence-corrected chi connectivity index (χ0v) is 21.6. The van der Waals surface area contributed by atoms with Gasteiger partial charge in [0, 0.05) is 85.9 Å². The molecule has 0 aromatic rings. The Kier molecular flexibility index (Phi) is 138. The Morgan fingerprint density at radius 3 is 0.542 bits per heavy atom. The summed E-state index contributed by atoms with van der Waals surface area (Å²) in [5.74, 6) is 0. The quantitative estimate of drug-likeness (QED) is 0.346. The molecule has 0 spiro atoms. The van der Waals surface area contributed by atoms with Crippen LogP contribution in [0.3, 0.4) is 0 Å². The van der Waals surface area contributed by atoms with Crippen molar-refractivity contribution in [2.24, 2.45) is 0 Å². The van der Waals surface area contributed by atoms with Crippen molar-refractivity contribution < 1.29 is 77.9 Å². The zero-order valence-electron chi connectivity index (χ0n) is 16.7. The van der Waals surface area contributed by atoms with Crippen LogP contribution in [0.25, 0.3) is 0 Å². The first-order valence-electron chi connectivity index (χ1n) is 8.54. The van der Waals surface area contributed by atoms with E-state index in [0.29, 0.717) is 26.4 Å². The summed E-state index contributed by atoms with van der Waals surface area (Å²) < 4.78 is 0. The van der Waals surface area contributed by atoms with Gasteiger partial charge in [0.05, 0.1) is 0 Å². The van der Waals surface area contributed by atoms with Gasteiger partial charge in [-0.3, -0.25) is 0 Å². The Hall–Kier alpha value is 1.57. The molecule has 0 aromatic carbocycles. The topological polar surface area (TPSA) is 101 Å². The summed E-state index contributed by atoms with van der Waals surface area (Å²) in [7, 11) is 1.00. The van der Waals surface area contributed by atoms with E-state index < -0.39 is 0 Å². The molecule has 24 heavy (non-hydrogen) atoms. The second kappa shape index (κ2) is 74.1. The van der Waals surface area contributed by atoms with Crippen LogP contribution in [-0.2, 0) is 52.4 Å². The molecule has 0 aliphatic heterocycles. The fourth-order valence-corrected chi connectivity index (χ4v) is 0.632. The van der Waals surface area contributed by atoms with E-state index in [2.05, 4.69) is 27.7 Å². The number of aliphatic hydroxyl groups excluding tert-OH is 5. The van der Waals surface area contributed by atoms with E-state index in [1.807, 2.05) is 0 Å². The van der Waals surface area contributed by atoms with Gasteiger partial charge in [-0.15, -0.1) is 0 Å². The summed E-state index contributed by atoms with van der Waals surface area (Å²) in [5, 5.41) is 39.3. The third-order valence-electron chi connectivity index (χ3n) is 2.05. The van der Waals surface area contributed by atoms with Crippen molar-refractivity contribution in [1.29, 1.82) is 0 Å². The van der Waals surface area contributed by atoms with Crippen molar-refractivity contribution in [2.45, 2.75) is 79.1 Å². The summed E-state index contributed by atoms with van der Waals surface area (Å²) >= 11 is 0. The van der Waals surface area contributed by atoms with E-state index >= 15 is 0 Å². The van der Waals surface area contributed by atoms with Crippen LogP contribution in [0.1, 0.15) is 79.1 Å². The fraction of sp³-hybridized carbons (Fsp3) is 1.00. The van der Waals surface area contributed by atoms with Gasteiger partial charge in [-0.25, -0.2) is 0 Å². The third-order valence-corrected chi connectivity index (χ3v) is 2.05. The minimum Gasteiger partial charge on any atom is -0.400 e. The molecule has 0 atom stereocenters. The molecule has 0 amide bonds. The Bertz CT molecular complexity index is 81.0. The normalized spacial score (nSPS) is 7.25. The molecule has 150 valence electrons. The second-order valence-corrected chi connectivity index (χ2v) is 4.31. The van der Waals surface area contributed by atoms with E-state index in [9.17, 15) is 0 Å². The molecule has 0 bridgehead atoms. The van der Waals surface area contributed by atoms with Crippen LogP contribution in [0.4, 0.5) is 0 Å².